The van der Waals surface area contributed by atoms with Gasteiger partial charge in [-0.3, -0.25) is 9.59 Å². The van der Waals surface area contributed by atoms with Crippen LogP contribution in [0, 0.1) is 11.3 Å². The Morgan fingerprint density at radius 1 is 1.35 bits per heavy atom. The van der Waals surface area contributed by atoms with Crippen molar-refractivity contribution in [2.45, 2.75) is 46.5 Å². The fourth-order valence-corrected chi connectivity index (χ4v) is 3.09. The molecule has 0 aromatic carbocycles. The maximum atomic E-state index is 12.3. The van der Waals surface area contributed by atoms with Crippen molar-refractivity contribution in [3.05, 3.63) is 23.3 Å². The van der Waals surface area contributed by atoms with Gasteiger partial charge in [0.25, 0.3) is 0 Å². The normalized spacial score (nSPS) is 33.7. The van der Waals surface area contributed by atoms with Crippen LogP contribution in [0.5, 0.6) is 0 Å². The number of hydrogen-bond acceptors (Lipinski definition) is 2. The fraction of sp³-hybridized carbons (Fsp3) is 0.600. The third-order valence-electron chi connectivity index (χ3n) is 4.58. The largest absolute Gasteiger partial charge is 0.299 e. The minimum Gasteiger partial charge on any atom is -0.299 e. The molecule has 0 heterocycles. The summed E-state index contributed by atoms with van der Waals surface area (Å²) in [7, 11) is 0. The van der Waals surface area contributed by atoms with Crippen molar-refractivity contribution >= 4 is 11.6 Å². The summed E-state index contributed by atoms with van der Waals surface area (Å²) in [6, 6.07) is 0. The number of carbonyl (C=O) groups excluding carboxylic acids is 2. The number of ketones is 2. The summed E-state index contributed by atoms with van der Waals surface area (Å²) in [5.41, 5.74) is 2.60. The molecule has 0 saturated heterocycles. The van der Waals surface area contributed by atoms with Crippen molar-refractivity contribution in [1.29, 1.82) is 0 Å². The Bertz CT molecular complexity index is 442. The van der Waals surface area contributed by atoms with Gasteiger partial charge in [0.15, 0.2) is 5.78 Å². The molecule has 0 radical (unpaired) electrons. The number of fused-ring (bicyclic) bond motifs is 1. The van der Waals surface area contributed by atoms with Crippen LogP contribution in [0.2, 0.25) is 0 Å². The van der Waals surface area contributed by atoms with Crippen molar-refractivity contribution in [1.82, 2.24) is 0 Å². The Morgan fingerprint density at radius 3 is 2.59 bits per heavy atom. The lowest BCUT2D eigenvalue weighted by atomic mass is 9.60. The van der Waals surface area contributed by atoms with Gasteiger partial charge in [-0.05, 0) is 50.7 Å². The van der Waals surface area contributed by atoms with E-state index in [2.05, 4.69) is 6.58 Å². The van der Waals surface area contributed by atoms with Gasteiger partial charge >= 0.3 is 0 Å². The van der Waals surface area contributed by atoms with E-state index < -0.39 is 0 Å². The summed E-state index contributed by atoms with van der Waals surface area (Å²) in [6.45, 7) is 9.82. The molecule has 2 atom stereocenters. The molecule has 0 aromatic heterocycles. The van der Waals surface area contributed by atoms with Crippen LogP contribution in [0.15, 0.2) is 23.3 Å². The van der Waals surface area contributed by atoms with Gasteiger partial charge in [0, 0.05) is 18.3 Å². The summed E-state index contributed by atoms with van der Waals surface area (Å²) in [5.74, 6) is 0.734. The highest BCUT2D eigenvalue weighted by molar-refractivity contribution is 6.01. The van der Waals surface area contributed by atoms with Crippen molar-refractivity contribution in [3.63, 3.8) is 0 Å². The van der Waals surface area contributed by atoms with Crippen LogP contribution in [0.4, 0.5) is 0 Å². The second-order valence-corrected chi connectivity index (χ2v) is 5.73. The lowest BCUT2D eigenvalue weighted by Gasteiger charge is -2.42. The highest BCUT2D eigenvalue weighted by atomic mass is 16.1. The molecule has 0 unspecified atom stereocenters. The van der Waals surface area contributed by atoms with Gasteiger partial charge in [-0.2, -0.15) is 0 Å². The van der Waals surface area contributed by atoms with Gasteiger partial charge in [-0.15, -0.1) is 0 Å². The molecule has 92 valence electrons. The topological polar surface area (TPSA) is 34.1 Å². The molecule has 0 amide bonds. The summed E-state index contributed by atoms with van der Waals surface area (Å²) in [4.78, 5) is 24.1. The van der Waals surface area contributed by atoms with E-state index in [1.807, 2.05) is 20.8 Å². The zero-order chi connectivity index (χ0) is 12.8. The van der Waals surface area contributed by atoms with E-state index in [0.29, 0.717) is 25.0 Å². The fourth-order valence-electron chi connectivity index (χ4n) is 3.09. The second kappa shape index (κ2) is 3.94. The van der Waals surface area contributed by atoms with Crippen LogP contribution in [-0.2, 0) is 9.59 Å². The van der Waals surface area contributed by atoms with Crippen LogP contribution >= 0.6 is 0 Å². The predicted octanol–water partition coefficient (Wildman–Crippen LogP) is 3.23. The maximum absolute atomic E-state index is 12.3. The molecule has 2 aliphatic rings. The van der Waals surface area contributed by atoms with Gasteiger partial charge in [0.1, 0.15) is 5.78 Å². The highest BCUT2D eigenvalue weighted by Gasteiger charge is 2.46. The number of Topliss-reactive ketones (excluding diaryl/α,β-unsaturated/α-hetero) is 2. The average molecular weight is 232 g/mol. The first kappa shape index (κ1) is 12.3. The second-order valence-electron chi connectivity index (χ2n) is 5.73. The van der Waals surface area contributed by atoms with E-state index in [0.717, 1.165) is 23.1 Å². The van der Waals surface area contributed by atoms with Crippen molar-refractivity contribution in [2.75, 3.05) is 0 Å². The van der Waals surface area contributed by atoms with Crippen LogP contribution in [0.1, 0.15) is 46.5 Å². The van der Waals surface area contributed by atoms with E-state index in [9.17, 15) is 9.59 Å². The molecule has 0 N–H and O–H groups in total. The molecular weight excluding hydrogens is 212 g/mol. The summed E-state index contributed by atoms with van der Waals surface area (Å²) >= 11 is 0. The minimum atomic E-state index is -0.371. The van der Waals surface area contributed by atoms with Gasteiger partial charge in [0.2, 0.25) is 0 Å². The minimum absolute atomic E-state index is 0.215. The third kappa shape index (κ3) is 1.80. The Hall–Kier alpha value is -1.18. The Kier molecular flexibility index (Phi) is 2.84. The summed E-state index contributed by atoms with van der Waals surface area (Å²) in [6.07, 6.45) is 2.65. The average Bonchev–Trinajstić information content (AvgIpc) is 2.26. The van der Waals surface area contributed by atoms with E-state index in [1.54, 1.807) is 0 Å². The van der Waals surface area contributed by atoms with Crippen LogP contribution in [0.25, 0.3) is 0 Å². The molecule has 1 fully saturated rings. The molecule has 2 rings (SSSR count). The number of allylic oxidation sites excluding steroid dienone is 3. The van der Waals surface area contributed by atoms with Crippen molar-refractivity contribution < 1.29 is 9.59 Å². The van der Waals surface area contributed by atoms with E-state index in [1.165, 1.54) is 0 Å². The Balaban J connectivity index is 2.46. The SMILES string of the molecule is C=C(C)[C@@H]1CC(=O)[C@@]2(C)CCC(=O)C(C)=C2C1. The first-order valence-electron chi connectivity index (χ1n) is 6.28. The molecule has 2 heteroatoms. The molecule has 0 bridgehead atoms. The molecule has 0 spiro atoms. The molecule has 2 nitrogen and oxygen atoms in total. The lowest BCUT2D eigenvalue weighted by molar-refractivity contribution is -0.130. The van der Waals surface area contributed by atoms with Crippen LogP contribution < -0.4 is 0 Å². The zero-order valence-electron chi connectivity index (χ0n) is 10.9. The van der Waals surface area contributed by atoms with Gasteiger partial charge in [-0.25, -0.2) is 0 Å². The molecule has 17 heavy (non-hydrogen) atoms. The summed E-state index contributed by atoms with van der Waals surface area (Å²) < 4.78 is 0. The maximum Gasteiger partial charge on any atom is 0.158 e. The molecule has 1 saturated carbocycles. The molecule has 0 aliphatic heterocycles. The Morgan fingerprint density at radius 2 is 2.00 bits per heavy atom. The van der Waals surface area contributed by atoms with E-state index in [4.69, 9.17) is 0 Å². The van der Waals surface area contributed by atoms with E-state index >= 15 is 0 Å². The van der Waals surface area contributed by atoms with Crippen molar-refractivity contribution in [3.8, 4) is 0 Å². The zero-order valence-corrected chi connectivity index (χ0v) is 10.9. The highest BCUT2D eigenvalue weighted by Crippen LogP contribution is 2.49. The quantitative estimate of drug-likeness (QED) is 0.650. The lowest BCUT2D eigenvalue weighted by Crippen LogP contribution is -2.41. The molecule has 2 aliphatic carbocycles. The molecular formula is C15H20O2. The number of hydrogen-bond donors (Lipinski definition) is 0. The third-order valence-corrected chi connectivity index (χ3v) is 4.58. The Labute approximate surface area is 103 Å². The van der Waals surface area contributed by atoms with Crippen molar-refractivity contribution in [2.24, 2.45) is 11.3 Å². The first-order valence-corrected chi connectivity index (χ1v) is 6.28. The predicted molar refractivity (Wildman–Crippen MR) is 67.6 cm³/mol. The monoisotopic (exact) mass is 232 g/mol. The van der Waals surface area contributed by atoms with Gasteiger partial charge in [-0.1, -0.05) is 12.2 Å². The smallest absolute Gasteiger partial charge is 0.158 e. The standard InChI is InChI=1S/C15H20O2/c1-9(2)11-7-12-10(3)13(16)5-6-15(12,4)14(17)8-11/h11H,1,5-8H2,2-4H3/t11-,15-/m0/s1. The van der Waals surface area contributed by atoms with Gasteiger partial charge < -0.3 is 0 Å². The summed E-state index contributed by atoms with van der Waals surface area (Å²) in [5, 5.41) is 0. The number of carbonyl (C=O) groups is 2. The number of rotatable bonds is 1. The first-order chi connectivity index (χ1) is 7.86. The van der Waals surface area contributed by atoms with E-state index in [-0.39, 0.29) is 17.1 Å². The van der Waals surface area contributed by atoms with Crippen LogP contribution in [-0.4, -0.2) is 11.6 Å². The van der Waals surface area contributed by atoms with Crippen LogP contribution in [0.3, 0.4) is 0 Å². The molecule has 0 aromatic rings. The van der Waals surface area contributed by atoms with Gasteiger partial charge in [0.05, 0.1) is 0 Å².